The Balaban J connectivity index is 1.89. The highest BCUT2D eigenvalue weighted by molar-refractivity contribution is 7.95. The van der Waals surface area contributed by atoms with Gasteiger partial charge in [0.05, 0.1) is 4.90 Å². The zero-order valence-electron chi connectivity index (χ0n) is 18.2. The van der Waals surface area contributed by atoms with Crippen molar-refractivity contribution < 1.29 is 18.3 Å². The van der Waals surface area contributed by atoms with Gasteiger partial charge in [-0.05, 0) is 48.2 Å². The Labute approximate surface area is 188 Å². The lowest BCUT2D eigenvalue weighted by Crippen LogP contribution is -2.31. The fourth-order valence-electron chi connectivity index (χ4n) is 3.92. The minimum absolute atomic E-state index is 0.0374. The second-order valence-corrected chi connectivity index (χ2v) is 10.2. The molecule has 1 N–H and O–H groups in total. The van der Waals surface area contributed by atoms with Gasteiger partial charge >= 0.3 is 0 Å². The summed E-state index contributed by atoms with van der Waals surface area (Å²) in [7, 11) is -4.13. The average molecular weight is 448 g/mol. The smallest absolute Gasteiger partial charge is 0.295 e. The van der Waals surface area contributed by atoms with Crippen molar-refractivity contribution in [1.29, 1.82) is 0 Å². The molecule has 32 heavy (non-hydrogen) atoms. The Bertz CT molecular complexity index is 1280. The lowest BCUT2D eigenvalue weighted by molar-refractivity contribution is -0.117. The molecule has 0 radical (unpaired) electrons. The van der Waals surface area contributed by atoms with Crippen molar-refractivity contribution in [2.75, 3.05) is 4.90 Å². The third-order valence-corrected chi connectivity index (χ3v) is 7.62. The van der Waals surface area contributed by atoms with E-state index in [1.165, 1.54) is 17.0 Å². The van der Waals surface area contributed by atoms with Gasteiger partial charge in [-0.2, -0.15) is 0 Å². The molecular formula is C26H25NO4S. The third-order valence-electron chi connectivity index (χ3n) is 5.74. The van der Waals surface area contributed by atoms with Crippen LogP contribution in [0.1, 0.15) is 42.5 Å². The Kier molecular flexibility index (Phi) is 5.65. The Morgan fingerprint density at radius 3 is 2.03 bits per heavy atom. The van der Waals surface area contributed by atoms with E-state index < -0.39 is 27.5 Å². The van der Waals surface area contributed by atoms with E-state index in [1.54, 1.807) is 48.5 Å². The Hall–Kier alpha value is -3.38. The molecule has 3 aromatic carbocycles. The molecule has 0 aliphatic carbocycles. The summed E-state index contributed by atoms with van der Waals surface area (Å²) in [5.41, 5.74) is 3.13. The highest BCUT2D eigenvalue weighted by Crippen LogP contribution is 2.44. The van der Waals surface area contributed by atoms with Crippen molar-refractivity contribution in [2.24, 2.45) is 0 Å². The number of benzene rings is 3. The minimum Gasteiger partial charge on any atom is -0.502 e. The molecule has 3 aromatic rings. The molecule has 1 aliphatic heterocycles. The first kappa shape index (κ1) is 21.8. The number of aliphatic hydroxyl groups is 1. The van der Waals surface area contributed by atoms with Crippen LogP contribution < -0.4 is 4.90 Å². The topological polar surface area (TPSA) is 74.7 Å². The molecule has 4 rings (SSSR count). The standard InChI is InChI=1S/C26H25NO4S/c1-17(2)19-11-13-21(14-12-19)27-23(20-7-5-4-6-8-20)25(24(28)26(27)29)32(30,31)22-15-9-18(3)10-16-22/h4-17,23,28H,1-3H3/t23-/m0/s1. The van der Waals surface area contributed by atoms with Crippen LogP contribution in [0.25, 0.3) is 0 Å². The van der Waals surface area contributed by atoms with Crippen LogP contribution in [-0.4, -0.2) is 19.4 Å². The molecular weight excluding hydrogens is 422 g/mol. The number of nitrogens with zero attached hydrogens (tertiary/aromatic N) is 1. The summed E-state index contributed by atoms with van der Waals surface area (Å²) in [5, 5.41) is 10.8. The minimum atomic E-state index is -4.13. The Morgan fingerprint density at radius 1 is 0.875 bits per heavy atom. The van der Waals surface area contributed by atoms with E-state index in [0.29, 0.717) is 17.2 Å². The number of aliphatic hydroxyl groups excluding tert-OH is 1. The molecule has 0 fully saturated rings. The molecule has 6 heteroatoms. The highest BCUT2D eigenvalue weighted by Gasteiger charge is 2.47. The van der Waals surface area contributed by atoms with E-state index >= 15 is 0 Å². The quantitative estimate of drug-likeness (QED) is 0.564. The molecule has 0 spiro atoms. The SMILES string of the molecule is Cc1ccc(S(=O)(=O)C2=C(O)C(=O)N(c3ccc(C(C)C)cc3)[C@H]2c2ccccc2)cc1. The van der Waals surface area contributed by atoms with Gasteiger partial charge in [0.2, 0.25) is 9.84 Å². The molecule has 0 bridgehead atoms. The number of amides is 1. The zero-order valence-corrected chi connectivity index (χ0v) is 19.0. The largest absolute Gasteiger partial charge is 0.502 e. The number of rotatable bonds is 5. The van der Waals surface area contributed by atoms with Gasteiger partial charge < -0.3 is 5.11 Å². The first-order valence-corrected chi connectivity index (χ1v) is 11.9. The maximum atomic E-state index is 13.6. The van der Waals surface area contributed by atoms with Crippen LogP contribution in [0.3, 0.4) is 0 Å². The van der Waals surface area contributed by atoms with Crippen LogP contribution in [0, 0.1) is 6.92 Å². The van der Waals surface area contributed by atoms with E-state index in [4.69, 9.17) is 0 Å². The molecule has 0 saturated heterocycles. The maximum Gasteiger partial charge on any atom is 0.295 e. The number of sulfone groups is 1. The van der Waals surface area contributed by atoms with Gasteiger partial charge in [0.1, 0.15) is 10.9 Å². The molecule has 5 nitrogen and oxygen atoms in total. The van der Waals surface area contributed by atoms with Gasteiger partial charge in [0, 0.05) is 5.69 Å². The van der Waals surface area contributed by atoms with Gasteiger partial charge in [-0.15, -0.1) is 0 Å². The van der Waals surface area contributed by atoms with E-state index in [1.807, 2.05) is 25.1 Å². The second-order valence-electron chi connectivity index (χ2n) is 8.26. The third kappa shape index (κ3) is 3.71. The number of carbonyl (C=O) groups excluding carboxylic acids is 1. The number of hydrogen-bond donors (Lipinski definition) is 1. The summed E-state index contributed by atoms with van der Waals surface area (Å²) >= 11 is 0. The van der Waals surface area contributed by atoms with Gasteiger partial charge in [-0.1, -0.05) is 74.0 Å². The van der Waals surface area contributed by atoms with Crippen LogP contribution in [0.5, 0.6) is 0 Å². The second kappa shape index (κ2) is 8.28. The van der Waals surface area contributed by atoms with Crippen molar-refractivity contribution in [3.63, 3.8) is 0 Å². The lowest BCUT2D eigenvalue weighted by atomic mass is 10.0. The van der Waals surface area contributed by atoms with Crippen LogP contribution in [0.4, 0.5) is 5.69 Å². The van der Waals surface area contributed by atoms with Gasteiger partial charge in [0.15, 0.2) is 5.76 Å². The predicted molar refractivity (Wildman–Crippen MR) is 125 cm³/mol. The Morgan fingerprint density at radius 2 is 1.47 bits per heavy atom. The van der Waals surface area contributed by atoms with E-state index in [2.05, 4.69) is 13.8 Å². The molecule has 0 aromatic heterocycles. The molecule has 1 amide bonds. The first-order valence-electron chi connectivity index (χ1n) is 10.4. The molecule has 164 valence electrons. The normalized spacial score (nSPS) is 16.8. The molecule has 0 saturated carbocycles. The summed E-state index contributed by atoms with van der Waals surface area (Å²) < 4.78 is 27.2. The fraction of sp³-hybridized carbons (Fsp3) is 0.192. The summed E-state index contributed by atoms with van der Waals surface area (Å²) in [6, 6.07) is 21.7. The molecule has 1 heterocycles. The summed E-state index contributed by atoms with van der Waals surface area (Å²) in [6.45, 7) is 6.01. The van der Waals surface area contributed by atoms with Crippen molar-refractivity contribution in [1.82, 2.24) is 0 Å². The van der Waals surface area contributed by atoms with E-state index in [0.717, 1.165) is 11.1 Å². The van der Waals surface area contributed by atoms with Gasteiger partial charge in [-0.25, -0.2) is 8.42 Å². The monoisotopic (exact) mass is 447 g/mol. The van der Waals surface area contributed by atoms with Crippen molar-refractivity contribution >= 4 is 21.4 Å². The summed E-state index contributed by atoms with van der Waals surface area (Å²) in [4.78, 5) is 14.3. The van der Waals surface area contributed by atoms with Crippen LogP contribution >= 0.6 is 0 Å². The van der Waals surface area contributed by atoms with Crippen LogP contribution in [0.15, 0.2) is 94.4 Å². The van der Waals surface area contributed by atoms with E-state index in [9.17, 15) is 18.3 Å². The van der Waals surface area contributed by atoms with Gasteiger partial charge in [-0.3, -0.25) is 9.69 Å². The highest BCUT2D eigenvalue weighted by atomic mass is 32.2. The van der Waals surface area contributed by atoms with Crippen LogP contribution in [0.2, 0.25) is 0 Å². The number of aryl methyl sites for hydroxylation is 1. The van der Waals surface area contributed by atoms with Crippen molar-refractivity contribution in [2.45, 2.75) is 37.6 Å². The van der Waals surface area contributed by atoms with Gasteiger partial charge in [0.25, 0.3) is 5.91 Å². The average Bonchev–Trinajstić information content (AvgIpc) is 3.06. The number of anilines is 1. The zero-order chi connectivity index (χ0) is 23.0. The number of carbonyl (C=O) groups is 1. The lowest BCUT2D eigenvalue weighted by Gasteiger charge is -2.27. The maximum absolute atomic E-state index is 13.6. The van der Waals surface area contributed by atoms with E-state index in [-0.39, 0.29) is 9.80 Å². The fourth-order valence-corrected chi connectivity index (χ4v) is 5.55. The molecule has 0 unspecified atom stereocenters. The number of hydrogen-bond acceptors (Lipinski definition) is 4. The van der Waals surface area contributed by atoms with Crippen molar-refractivity contribution in [3.05, 3.63) is 106 Å². The molecule has 1 aliphatic rings. The summed E-state index contributed by atoms with van der Waals surface area (Å²) in [6.07, 6.45) is 0. The van der Waals surface area contributed by atoms with Crippen molar-refractivity contribution in [3.8, 4) is 0 Å². The first-order chi connectivity index (χ1) is 15.2. The van der Waals surface area contributed by atoms with Crippen LogP contribution in [-0.2, 0) is 14.6 Å². The molecule has 1 atom stereocenters. The predicted octanol–water partition coefficient (Wildman–Crippen LogP) is 5.45. The summed E-state index contributed by atoms with van der Waals surface area (Å²) in [5.74, 6) is -1.17.